The minimum Gasteiger partial charge on any atom is -0.344 e. The summed E-state index contributed by atoms with van der Waals surface area (Å²) in [7, 11) is 2.16. The van der Waals surface area contributed by atoms with Crippen LogP contribution >= 0.6 is 0 Å². The average molecular weight is 466 g/mol. The summed E-state index contributed by atoms with van der Waals surface area (Å²) in [5.41, 5.74) is 4.67. The normalized spacial score (nSPS) is 15.6. The number of nitrogens with zero attached hydrogens (tertiary/aromatic N) is 4. The van der Waals surface area contributed by atoms with Crippen molar-refractivity contribution in [2.24, 2.45) is 0 Å². The molecular weight excluding hydrogens is 434 g/mol. The second-order valence-electron chi connectivity index (χ2n) is 9.09. The molecule has 178 valence electrons. The quantitative estimate of drug-likeness (QED) is 0.443. The fourth-order valence-electron chi connectivity index (χ4n) is 4.57. The van der Waals surface area contributed by atoms with Crippen molar-refractivity contribution < 1.29 is 4.79 Å². The van der Waals surface area contributed by atoms with E-state index >= 15 is 0 Å². The fraction of sp³-hybridized carbons (Fsp3) is 0.241. The molecule has 3 aromatic carbocycles. The molecule has 0 radical (unpaired) electrons. The molecule has 6 nitrogen and oxygen atoms in total. The number of nitrogens with one attached hydrogen (secondary N) is 1. The third kappa shape index (κ3) is 5.50. The second kappa shape index (κ2) is 10.7. The molecule has 1 saturated heterocycles. The van der Waals surface area contributed by atoms with Gasteiger partial charge in [-0.15, -0.1) is 0 Å². The smallest absolute Gasteiger partial charge is 0.251 e. The number of hydrogen-bond acceptors (Lipinski definition) is 4. The number of hydrogen-bond donors (Lipinski definition) is 1. The Balaban J connectivity index is 1.37. The predicted octanol–water partition coefficient (Wildman–Crippen LogP) is 4.26. The highest BCUT2D eigenvalue weighted by atomic mass is 16.1. The highest BCUT2D eigenvalue weighted by Gasteiger charge is 2.22. The second-order valence-corrected chi connectivity index (χ2v) is 9.09. The summed E-state index contributed by atoms with van der Waals surface area (Å²) in [6.07, 6.45) is 1.79. The number of carbonyl (C=O) groups excluding carboxylic acids is 1. The molecule has 1 aliphatic rings. The first-order valence-corrected chi connectivity index (χ1v) is 12.1. The van der Waals surface area contributed by atoms with E-state index < -0.39 is 0 Å². The van der Waals surface area contributed by atoms with Crippen LogP contribution < -0.4 is 5.32 Å². The lowest BCUT2D eigenvalue weighted by atomic mass is 10.0. The van der Waals surface area contributed by atoms with Crippen LogP contribution in [0.25, 0.3) is 16.9 Å². The van der Waals surface area contributed by atoms with Crippen LogP contribution in [-0.2, 0) is 0 Å². The Morgan fingerprint density at radius 2 is 1.60 bits per heavy atom. The predicted molar refractivity (Wildman–Crippen MR) is 140 cm³/mol. The molecule has 0 spiro atoms. The molecule has 1 aliphatic heterocycles. The fourth-order valence-corrected chi connectivity index (χ4v) is 4.57. The lowest BCUT2D eigenvalue weighted by molar-refractivity contribution is 0.0907. The maximum absolute atomic E-state index is 13.4. The van der Waals surface area contributed by atoms with E-state index in [1.54, 1.807) is 6.20 Å². The Hall–Kier alpha value is -3.74. The van der Waals surface area contributed by atoms with Crippen molar-refractivity contribution in [3.8, 4) is 16.9 Å². The Labute approximate surface area is 206 Å². The summed E-state index contributed by atoms with van der Waals surface area (Å²) >= 11 is 0. The minimum atomic E-state index is -0.0830. The number of aromatic nitrogens is 2. The summed E-state index contributed by atoms with van der Waals surface area (Å²) in [5, 5.41) is 7.83. The zero-order chi connectivity index (χ0) is 24.0. The molecule has 1 atom stereocenters. The number of piperazine rings is 1. The largest absolute Gasteiger partial charge is 0.344 e. The van der Waals surface area contributed by atoms with Gasteiger partial charge in [0.15, 0.2) is 0 Å². The SMILES string of the molecule is CN1CCN(CC(NC(=O)c2cccc(-n3nccc3-c3ccccc3)c2)c2ccccc2)CC1. The molecule has 6 heteroatoms. The van der Waals surface area contributed by atoms with E-state index in [-0.39, 0.29) is 11.9 Å². The molecule has 1 N–H and O–H groups in total. The summed E-state index contributed by atoms with van der Waals surface area (Å²) < 4.78 is 1.88. The highest BCUT2D eigenvalue weighted by Crippen LogP contribution is 2.23. The molecule has 5 rings (SSSR count). The number of benzene rings is 3. The Kier molecular flexibility index (Phi) is 7.02. The van der Waals surface area contributed by atoms with Gasteiger partial charge in [-0.25, -0.2) is 4.68 Å². The Morgan fingerprint density at radius 3 is 2.34 bits per heavy atom. The van der Waals surface area contributed by atoms with Gasteiger partial charge in [0, 0.05) is 43.9 Å². The summed E-state index contributed by atoms with van der Waals surface area (Å²) in [6.45, 7) is 4.90. The Morgan fingerprint density at radius 1 is 0.886 bits per heavy atom. The highest BCUT2D eigenvalue weighted by molar-refractivity contribution is 5.95. The Bertz CT molecular complexity index is 1250. The molecule has 1 aromatic heterocycles. The summed E-state index contributed by atoms with van der Waals surface area (Å²) in [5.74, 6) is -0.0803. The summed E-state index contributed by atoms with van der Waals surface area (Å²) in [6, 6.07) is 30.0. The van der Waals surface area contributed by atoms with Crippen LogP contribution in [0.5, 0.6) is 0 Å². The number of likely N-dealkylation sites (N-methyl/N-ethyl adjacent to an activating group) is 1. The summed E-state index contributed by atoms with van der Waals surface area (Å²) in [4.78, 5) is 18.2. The van der Waals surface area contributed by atoms with Gasteiger partial charge in [0.2, 0.25) is 0 Å². The van der Waals surface area contributed by atoms with Gasteiger partial charge in [0.25, 0.3) is 5.91 Å². The van der Waals surface area contributed by atoms with E-state index in [1.807, 2.05) is 71.4 Å². The van der Waals surface area contributed by atoms with Crippen LogP contribution in [0.2, 0.25) is 0 Å². The first-order chi connectivity index (χ1) is 17.2. The van der Waals surface area contributed by atoms with Gasteiger partial charge >= 0.3 is 0 Å². The van der Waals surface area contributed by atoms with Gasteiger partial charge < -0.3 is 10.2 Å². The van der Waals surface area contributed by atoms with Gasteiger partial charge in [-0.2, -0.15) is 5.10 Å². The molecule has 0 aliphatic carbocycles. The molecule has 0 saturated carbocycles. The maximum Gasteiger partial charge on any atom is 0.251 e. The zero-order valence-electron chi connectivity index (χ0n) is 20.0. The maximum atomic E-state index is 13.4. The van der Waals surface area contributed by atoms with Crippen molar-refractivity contribution in [3.63, 3.8) is 0 Å². The van der Waals surface area contributed by atoms with Gasteiger partial charge in [-0.1, -0.05) is 66.7 Å². The van der Waals surface area contributed by atoms with E-state index in [0.29, 0.717) is 5.56 Å². The van der Waals surface area contributed by atoms with Crippen LogP contribution in [0.15, 0.2) is 97.2 Å². The zero-order valence-corrected chi connectivity index (χ0v) is 20.0. The first-order valence-electron chi connectivity index (χ1n) is 12.1. The lowest BCUT2D eigenvalue weighted by Gasteiger charge is -2.35. The van der Waals surface area contributed by atoms with Crippen molar-refractivity contribution >= 4 is 5.91 Å². The van der Waals surface area contributed by atoms with Crippen LogP contribution in [0, 0.1) is 0 Å². The molecule has 4 aromatic rings. The molecule has 1 fully saturated rings. The first kappa shape index (κ1) is 23.0. The van der Waals surface area contributed by atoms with Crippen LogP contribution in [0.1, 0.15) is 22.0 Å². The van der Waals surface area contributed by atoms with Gasteiger partial charge in [0.1, 0.15) is 0 Å². The van der Waals surface area contributed by atoms with Crippen LogP contribution in [0.4, 0.5) is 0 Å². The van der Waals surface area contributed by atoms with E-state index in [2.05, 4.69) is 51.5 Å². The third-order valence-corrected chi connectivity index (χ3v) is 6.61. The monoisotopic (exact) mass is 465 g/mol. The van der Waals surface area contributed by atoms with Crippen molar-refractivity contribution in [1.29, 1.82) is 0 Å². The minimum absolute atomic E-state index is 0.0803. The molecule has 2 heterocycles. The number of amides is 1. The van der Waals surface area contributed by atoms with Gasteiger partial charge in [0.05, 0.1) is 23.6 Å². The van der Waals surface area contributed by atoms with E-state index in [1.165, 1.54) is 0 Å². The molecular formula is C29H31N5O. The third-order valence-electron chi connectivity index (χ3n) is 6.61. The standard InChI is InChI=1S/C29H31N5O/c1-32-17-19-33(20-18-32)22-27(23-9-4-2-5-10-23)31-29(35)25-13-8-14-26(21-25)34-28(15-16-30-34)24-11-6-3-7-12-24/h2-16,21,27H,17-20,22H2,1H3,(H,31,35). The van der Waals surface area contributed by atoms with E-state index in [9.17, 15) is 4.79 Å². The average Bonchev–Trinajstić information content (AvgIpc) is 3.41. The van der Waals surface area contributed by atoms with E-state index in [0.717, 1.165) is 55.2 Å². The van der Waals surface area contributed by atoms with Crippen molar-refractivity contribution in [2.45, 2.75) is 6.04 Å². The molecule has 0 bridgehead atoms. The molecule has 35 heavy (non-hydrogen) atoms. The van der Waals surface area contributed by atoms with Gasteiger partial charge in [-0.3, -0.25) is 9.69 Å². The van der Waals surface area contributed by atoms with Crippen molar-refractivity contribution in [3.05, 3.63) is 108 Å². The molecule has 1 amide bonds. The van der Waals surface area contributed by atoms with Crippen LogP contribution in [0.3, 0.4) is 0 Å². The number of rotatable bonds is 7. The van der Waals surface area contributed by atoms with Crippen LogP contribution in [-0.4, -0.2) is 65.3 Å². The van der Waals surface area contributed by atoms with Gasteiger partial charge in [-0.05, 0) is 36.9 Å². The molecule has 1 unspecified atom stereocenters. The van der Waals surface area contributed by atoms with Crippen molar-refractivity contribution in [2.75, 3.05) is 39.8 Å². The van der Waals surface area contributed by atoms with Crippen molar-refractivity contribution in [1.82, 2.24) is 24.9 Å². The van der Waals surface area contributed by atoms with E-state index in [4.69, 9.17) is 0 Å². The lowest BCUT2D eigenvalue weighted by Crippen LogP contribution is -2.47. The number of carbonyl (C=O) groups is 1. The topological polar surface area (TPSA) is 53.4 Å².